The van der Waals surface area contributed by atoms with Crippen molar-refractivity contribution in [3.8, 4) is 0 Å². The molecule has 1 aliphatic rings. The van der Waals surface area contributed by atoms with Crippen molar-refractivity contribution in [1.82, 2.24) is 0 Å². The molecule has 1 nitrogen and oxygen atoms in total. The Kier molecular flexibility index (Phi) is 3.97. The molecule has 0 fully saturated rings. The van der Waals surface area contributed by atoms with Gasteiger partial charge in [-0.3, -0.25) is 0 Å². The van der Waals surface area contributed by atoms with Crippen molar-refractivity contribution in [2.24, 2.45) is 5.73 Å². The average molecular weight is 407 g/mol. The van der Waals surface area contributed by atoms with Gasteiger partial charge in [0.25, 0.3) is 0 Å². The van der Waals surface area contributed by atoms with Crippen LogP contribution in [-0.4, -0.2) is 0 Å². The van der Waals surface area contributed by atoms with Crippen LogP contribution in [0.25, 0.3) is 0 Å². The van der Waals surface area contributed by atoms with E-state index in [9.17, 15) is 0 Å². The van der Waals surface area contributed by atoms with E-state index >= 15 is 0 Å². The van der Waals surface area contributed by atoms with Gasteiger partial charge in [0, 0.05) is 19.1 Å². The van der Waals surface area contributed by atoms with Gasteiger partial charge in [-0.05, 0) is 75.2 Å². The molecule has 96 valence electrons. The van der Waals surface area contributed by atoms with Crippen LogP contribution in [0.3, 0.4) is 0 Å². The van der Waals surface area contributed by atoms with E-state index in [2.05, 4.69) is 44.0 Å². The summed E-state index contributed by atoms with van der Waals surface area (Å²) in [6.45, 7) is 0. The van der Waals surface area contributed by atoms with Crippen LogP contribution in [0.5, 0.6) is 0 Å². The Bertz CT molecular complexity index is 531. The van der Waals surface area contributed by atoms with Gasteiger partial charge in [0.15, 0.2) is 0 Å². The van der Waals surface area contributed by atoms with Crippen LogP contribution in [0.2, 0.25) is 0 Å². The van der Waals surface area contributed by atoms with E-state index in [-0.39, 0.29) is 6.04 Å². The van der Waals surface area contributed by atoms with Crippen molar-refractivity contribution in [2.45, 2.75) is 31.7 Å². The lowest BCUT2D eigenvalue weighted by Gasteiger charge is -2.08. The summed E-state index contributed by atoms with van der Waals surface area (Å²) in [6.07, 6.45) is 5.13. The van der Waals surface area contributed by atoms with Crippen LogP contribution in [-0.2, 0) is 12.8 Å². The number of halogens is 2. The highest BCUT2D eigenvalue weighted by Crippen LogP contribution is 2.40. The van der Waals surface area contributed by atoms with Crippen LogP contribution < -0.4 is 5.73 Å². The molecule has 1 aliphatic carbocycles. The van der Waals surface area contributed by atoms with Crippen molar-refractivity contribution in [3.05, 3.63) is 40.6 Å². The maximum atomic E-state index is 6.39. The van der Waals surface area contributed by atoms with Gasteiger partial charge in [-0.2, -0.15) is 0 Å². The largest absolute Gasteiger partial charge is 0.319 e. The maximum absolute atomic E-state index is 6.39. The van der Waals surface area contributed by atoms with Gasteiger partial charge in [0.05, 0.1) is 9.83 Å². The quantitative estimate of drug-likeness (QED) is 0.722. The van der Waals surface area contributed by atoms with Crippen molar-refractivity contribution in [1.29, 1.82) is 0 Å². The molecule has 0 radical (unpaired) electrons. The Hall–Kier alpha value is 0.320. The predicted molar refractivity (Wildman–Crippen MR) is 86.7 cm³/mol. The van der Waals surface area contributed by atoms with Gasteiger partial charge >= 0.3 is 0 Å². The number of rotatable bonds is 2. The maximum Gasteiger partial charge on any atom is 0.0843 e. The van der Waals surface area contributed by atoms with Gasteiger partial charge in [-0.25, -0.2) is 0 Å². The second-order valence-corrected chi connectivity index (χ2v) is 8.98. The minimum absolute atomic E-state index is 0.0215. The number of fused-ring (bicyclic) bond motifs is 1. The first-order valence-corrected chi connectivity index (χ1v) is 9.19. The summed E-state index contributed by atoms with van der Waals surface area (Å²) in [4.78, 5) is 4.08. The summed E-state index contributed by atoms with van der Waals surface area (Å²) in [5.74, 6) is 0. The molecule has 0 aromatic carbocycles. The Labute approximate surface area is 132 Å². The Morgan fingerprint density at radius 1 is 1.06 bits per heavy atom. The molecule has 1 atom stereocenters. The first-order chi connectivity index (χ1) is 8.65. The zero-order chi connectivity index (χ0) is 12.7. The fourth-order valence-electron chi connectivity index (χ4n) is 2.32. The molecule has 2 N–H and O–H groups in total. The van der Waals surface area contributed by atoms with Crippen molar-refractivity contribution in [3.63, 3.8) is 0 Å². The third-order valence-electron chi connectivity index (χ3n) is 3.29. The van der Waals surface area contributed by atoms with E-state index in [0.29, 0.717) is 0 Å². The summed E-state index contributed by atoms with van der Waals surface area (Å²) in [7, 11) is 0. The van der Waals surface area contributed by atoms with Crippen LogP contribution in [0.15, 0.2) is 20.4 Å². The van der Waals surface area contributed by atoms with Crippen molar-refractivity contribution >= 4 is 54.5 Å². The smallest absolute Gasteiger partial charge is 0.0843 e. The lowest BCUT2D eigenvalue weighted by atomic mass is 9.99. The standard InChI is InChI=1S/C13H13Br2NS2/c14-8-6-11(18-13(8)15)12(16)10-5-7-3-1-2-4-9(7)17-10/h5-6,12H,1-4,16H2. The fraction of sp³-hybridized carbons (Fsp3) is 0.385. The summed E-state index contributed by atoms with van der Waals surface area (Å²) in [5, 5.41) is 0. The van der Waals surface area contributed by atoms with Gasteiger partial charge < -0.3 is 5.73 Å². The second-order valence-electron chi connectivity index (χ2n) is 4.55. The van der Waals surface area contributed by atoms with Gasteiger partial charge in [0.1, 0.15) is 0 Å². The molecule has 0 spiro atoms. The Morgan fingerprint density at radius 2 is 1.78 bits per heavy atom. The molecule has 0 saturated carbocycles. The monoisotopic (exact) mass is 405 g/mol. The zero-order valence-electron chi connectivity index (χ0n) is 9.71. The molecule has 0 aliphatic heterocycles. The molecule has 0 amide bonds. The van der Waals surface area contributed by atoms with Gasteiger partial charge in [-0.1, -0.05) is 0 Å². The molecule has 0 saturated heterocycles. The number of hydrogen-bond acceptors (Lipinski definition) is 3. The van der Waals surface area contributed by atoms with E-state index in [0.717, 1.165) is 8.26 Å². The molecule has 5 heteroatoms. The molecule has 3 rings (SSSR count). The third-order valence-corrected chi connectivity index (χ3v) is 7.95. The van der Waals surface area contributed by atoms with E-state index in [1.54, 1.807) is 16.2 Å². The first kappa shape index (κ1) is 13.3. The van der Waals surface area contributed by atoms with E-state index < -0.39 is 0 Å². The summed E-state index contributed by atoms with van der Waals surface area (Å²) in [6, 6.07) is 4.47. The predicted octanol–water partition coefficient (Wildman–Crippen LogP) is 5.26. The number of thiophene rings is 2. The fourth-order valence-corrected chi connectivity index (χ4v) is 5.79. The van der Waals surface area contributed by atoms with Crippen molar-refractivity contribution < 1.29 is 0 Å². The Morgan fingerprint density at radius 3 is 2.44 bits per heavy atom. The molecule has 2 aromatic heterocycles. The molecule has 18 heavy (non-hydrogen) atoms. The summed E-state index contributed by atoms with van der Waals surface area (Å²) < 4.78 is 2.22. The molecule has 1 unspecified atom stereocenters. The summed E-state index contributed by atoms with van der Waals surface area (Å²) in [5.41, 5.74) is 7.92. The first-order valence-electron chi connectivity index (χ1n) is 5.97. The Balaban J connectivity index is 1.92. The van der Waals surface area contributed by atoms with Crippen LogP contribution in [0.1, 0.15) is 39.1 Å². The highest BCUT2D eigenvalue weighted by molar-refractivity contribution is 9.13. The average Bonchev–Trinajstić information content (AvgIpc) is 2.93. The van der Waals surface area contributed by atoms with Crippen LogP contribution >= 0.6 is 54.5 Å². The topological polar surface area (TPSA) is 26.0 Å². The zero-order valence-corrected chi connectivity index (χ0v) is 14.5. The minimum Gasteiger partial charge on any atom is -0.319 e. The SMILES string of the molecule is NC(c1cc(Br)c(Br)s1)c1cc2c(s1)CCCC2. The lowest BCUT2D eigenvalue weighted by Crippen LogP contribution is -2.08. The number of nitrogens with two attached hydrogens (primary N) is 1. The molecule has 2 aromatic rings. The van der Waals surface area contributed by atoms with Gasteiger partial charge in [-0.15, -0.1) is 22.7 Å². The second kappa shape index (κ2) is 5.37. The molecule has 2 heterocycles. The highest BCUT2D eigenvalue weighted by atomic mass is 79.9. The van der Waals surface area contributed by atoms with E-state index in [4.69, 9.17) is 5.73 Å². The number of hydrogen-bond donors (Lipinski definition) is 1. The normalized spacial score (nSPS) is 16.6. The van der Waals surface area contributed by atoms with Crippen LogP contribution in [0.4, 0.5) is 0 Å². The third kappa shape index (κ3) is 2.48. The van der Waals surface area contributed by atoms with Crippen LogP contribution in [0, 0.1) is 0 Å². The minimum atomic E-state index is 0.0215. The van der Waals surface area contributed by atoms with Gasteiger partial charge in [0.2, 0.25) is 0 Å². The highest BCUT2D eigenvalue weighted by Gasteiger charge is 2.19. The summed E-state index contributed by atoms with van der Waals surface area (Å²) >= 11 is 10.7. The number of aryl methyl sites for hydroxylation is 2. The molecular formula is C13H13Br2NS2. The van der Waals surface area contributed by atoms with Crippen molar-refractivity contribution in [2.75, 3.05) is 0 Å². The van der Waals surface area contributed by atoms with E-state index in [1.165, 1.54) is 41.0 Å². The molecule has 0 bridgehead atoms. The lowest BCUT2D eigenvalue weighted by molar-refractivity contribution is 0.696. The molecular weight excluding hydrogens is 394 g/mol. The van der Waals surface area contributed by atoms with E-state index in [1.807, 2.05) is 11.3 Å².